The van der Waals surface area contributed by atoms with Gasteiger partial charge in [-0.3, -0.25) is 9.78 Å². The number of halogens is 1. The van der Waals surface area contributed by atoms with Crippen LogP contribution in [0.1, 0.15) is 44.9 Å². The van der Waals surface area contributed by atoms with Gasteiger partial charge in [-0.05, 0) is 68.6 Å². The Morgan fingerprint density at radius 2 is 1.80 bits per heavy atom. The fraction of sp³-hybridized carbons (Fsp3) is 0.455. The molecule has 2 aromatic carbocycles. The second kappa shape index (κ2) is 14.6. The van der Waals surface area contributed by atoms with Crippen LogP contribution >= 0.6 is 11.6 Å². The van der Waals surface area contributed by atoms with Gasteiger partial charge in [0.2, 0.25) is 5.91 Å². The molecule has 0 fully saturated rings. The van der Waals surface area contributed by atoms with E-state index in [0.29, 0.717) is 29.7 Å². The van der Waals surface area contributed by atoms with Gasteiger partial charge in [0, 0.05) is 37.4 Å². The van der Waals surface area contributed by atoms with Gasteiger partial charge in [0.25, 0.3) is 0 Å². The van der Waals surface area contributed by atoms with Crippen LogP contribution in [0.3, 0.4) is 0 Å². The maximum atomic E-state index is 13.2. The minimum Gasteiger partial charge on any atom is -0.492 e. The minimum absolute atomic E-state index is 0.00544. The number of aromatic nitrogens is 1. The third-order valence-electron chi connectivity index (χ3n) is 6.93. The molecule has 0 spiro atoms. The second-order valence-corrected chi connectivity index (χ2v) is 12.0. The highest BCUT2D eigenvalue weighted by Gasteiger charge is 2.26. The number of carbonyl (C=O) groups is 1. The molecule has 0 aliphatic rings. The zero-order chi connectivity index (χ0) is 29.3. The molecule has 3 rings (SSSR count). The van der Waals surface area contributed by atoms with Gasteiger partial charge in [-0.15, -0.1) is 0 Å². The highest BCUT2D eigenvalue weighted by atomic mass is 35.5. The largest absolute Gasteiger partial charge is 0.492 e. The molecule has 1 heterocycles. The minimum atomic E-state index is -0.0896. The number of hydrogen-bond donors (Lipinski definition) is 1. The van der Waals surface area contributed by atoms with Crippen molar-refractivity contribution in [2.45, 2.75) is 53.0 Å². The highest BCUT2D eigenvalue weighted by Crippen LogP contribution is 2.36. The van der Waals surface area contributed by atoms with E-state index in [1.165, 1.54) is 0 Å². The Hall–Kier alpha value is -2.93. The number of methoxy groups -OCH3 is 1. The van der Waals surface area contributed by atoms with E-state index in [-0.39, 0.29) is 23.8 Å². The maximum Gasteiger partial charge on any atom is 0.226 e. The summed E-state index contributed by atoms with van der Waals surface area (Å²) in [5, 5.41) is 3.77. The molecular weight excluding hydrogens is 522 g/mol. The number of hydrogen-bond acceptors (Lipinski definition) is 5. The zero-order valence-corrected chi connectivity index (χ0v) is 25.8. The molecule has 0 aliphatic heterocycles. The lowest BCUT2D eigenvalue weighted by molar-refractivity contribution is -0.122. The van der Waals surface area contributed by atoms with Gasteiger partial charge in [-0.1, -0.05) is 68.8 Å². The van der Waals surface area contributed by atoms with E-state index in [4.69, 9.17) is 26.1 Å². The van der Waals surface area contributed by atoms with E-state index in [1.807, 2.05) is 50.5 Å². The predicted octanol–water partition coefficient (Wildman–Crippen LogP) is 6.82. The summed E-state index contributed by atoms with van der Waals surface area (Å²) in [7, 11) is 5.77. The first-order chi connectivity index (χ1) is 19.0. The molecule has 216 valence electrons. The molecule has 0 aliphatic carbocycles. The number of nitrogens with one attached hydrogen (secondary N) is 1. The van der Waals surface area contributed by atoms with E-state index in [9.17, 15) is 4.79 Å². The molecule has 0 saturated heterocycles. The third-order valence-corrected chi connectivity index (χ3v) is 7.25. The molecule has 1 atom stereocenters. The van der Waals surface area contributed by atoms with Crippen molar-refractivity contribution in [2.75, 3.05) is 41.0 Å². The summed E-state index contributed by atoms with van der Waals surface area (Å²) < 4.78 is 11.3. The predicted molar refractivity (Wildman–Crippen MR) is 165 cm³/mol. The van der Waals surface area contributed by atoms with Crippen LogP contribution in [0.15, 0.2) is 54.6 Å². The van der Waals surface area contributed by atoms with Gasteiger partial charge in [-0.2, -0.15) is 0 Å². The molecule has 0 saturated carbocycles. The first-order valence-corrected chi connectivity index (χ1v) is 14.3. The summed E-state index contributed by atoms with van der Waals surface area (Å²) in [6.45, 7) is 10.6. The van der Waals surface area contributed by atoms with Crippen molar-refractivity contribution in [1.82, 2.24) is 15.2 Å². The average Bonchev–Trinajstić information content (AvgIpc) is 2.89. The molecule has 0 radical (unpaired) electrons. The maximum absolute atomic E-state index is 13.2. The fourth-order valence-electron chi connectivity index (χ4n) is 4.60. The van der Waals surface area contributed by atoms with E-state index in [0.717, 1.165) is 47.3 Å². The number of pyridine rings is 1. The fourth-order valence-corrected chi connectivity index (χ4v) is 4.77. The van der Waals surface area contributed by atoms with Gasteiger partial charge in [0.05, 0.1) is 29.4 Å². The van der Waals surface area contributed by atoms with Crippen molar-refractivity contribution in [2.24, 2.45) is 5.41 Å². The van der Waals surface area contributed by atoms with Crippen LogP contribution in [-0.2, 0) is 16.0 Å². The van der Waals surface area contributed by atoms with Gasteiger partial charge in [0.1, 0.15) is 5.75 Å². The number of rotatable bonds is 13. The van der Waals surface area contributed by atoms with Crippen molar-refractivity contribution in [3.8, 4) is 28.1 Å². The Morgan fingerprint density at radius 3 is 2.48 bits per heavy atom. The van der Waals surface area contributed by atoms with Crippen molar-refractivity contribution in [1.29, 1.82) is 0 Å². The van der Waals surface area contributed by atoms with Crippen LogP contribution in [-0.4, -0.2) is 62.8 Å². The molecule has 6 nitrogen and oxygen atoms in total. The Labute approximate surface area is 245 Å². The van der Waals surface area contributed by atoms with Crippen LogP contribution < -0.4 is 10.1 Å². The zero-order valence-electron chi connectivity index (χ0n) is 25.0. The molecule has 7 heteroatoms. The number of ether oxygens (including phenoxy) is 2. The molecule has 1 aromatic heterocycles. The van der Waals surface area contributed by atoms with Crippen LogP contribution in [0.25, 0.3) is 22.4 Å². The Balaban J connectivity index is 1.95. The van der Waals surface area contributed by atoms with Crippen molar-refractivity contribution < 1.29 is 14.3 Å². The molecule has 1 N–H and O–H groups in total. The van der Waals surface area contributed by atoms with E-state index in [1.54, 1.807) is 7.11 Å². The molecule has 40 heavy (non-hydrogen) atoms. The molecule has 0 bridgehead atoms. The monoisotopic (exact) mass is 565 g/mol. The topological polar surface area (TPSA) is 63.7 Å². The second-order valence-electron chi connectivity index (χ2n) is 11.6. The summed E-state index contributed by atoms with van der Waals surface area (Å²) in [6.07, 6.45) is 1.83. The van der Waals surface area contributed by atoms with Gasteiger partial charge in [-0.25, -0.2) is 0 Å². The van der Waals surface area contributed by atoms with Crippen LogP contribution in [0.4, 0.5) is 0 Å². The Bertz CT molecular complexity index is 1270. The molecule has 1 amide bonds. The van der Waals surface area contributed by atoms with Crippen LogP contribution in [0, 0.1) is 12.3 Å². The quantitative estimate of drug-likeness (QED) is 0.230. The van der Waals surface area contributed by atoms with Crippen molar-refractivity contribution in [3.63, 3.8) is 0 Å². The van der Waals surface area contributed by atoms with E-state index in [2.05, 4.69) is 56.1 Å². The molecule has 3 aromatic rings. The lowest BCUT2D eigenvalue weighted by Gasteiger charge is -2.31. The lowest BCUT2D eigenvalue weighted by atomic mass is 9.85. The standard InChI is InChI=1S/C33H44ClN3O3/c1-23-11-8-9-12-26(23)27-15-14-25(22-31(38)36-30(17-20-39-7)33(2,3)4)35-32(27)24-13-16-28(34)29(21-24)40-19-10-18-37(5)6/h8-9,11-16,21,30H,10,17-20,22H2,1-7H3,(H,36,38)/t30-/m0/s1. The SMILES string of the molecule is COCC[C@H](NC(=O)Cc1ccc(-c2ccccc2C)c(-c2ccc(Cl)c(OCCCN(C)C)c2)n1)C(C)(C)C. The highest BCUT2D eigenvalue weighted by molar-refractivity contribution is 6.32. The summed E-state index contributed by atoms with van der Waals surface area (Å²) in [5.74, 6) is 0.573. The van der Waals surface area contributed by atoms with E-state index < -0.39 is 0 Å². The van der Waals surface area contributed by atoms with Crippen LogP contribution in [0.5, 0.6) is 5.75 Å². The smallest absolute Gasteiger partial charge is 0.226 e. The van der Waals surface area contributed by atoms with Gasteiger partial charge >= 0.3 is 0 Å². The first-order valence-electron chi connectivity index (χ1n) is 13.9. The van der Waals surface area contributed by atoms with Crippen molar-refractivity contribution >= 4 is 17.5 Å². The third kappa shape index (κ3) is 9.05. The van der Waals surface area contributed by atoms with Gasteiger partial charge in [0.15, 0.2) is 0 Å². The average molecular weight is 566 g/mol. The first kappa shape index (κ1) is 31.6. The lowest BCUT2D eigenvalue weighted by Crippen LogP contribution is -2.45. The summed E-state index contributed by atoms with van der Waals surface area (Å²) in [4.78, 5) is 20.3. The number of amides is 1. The number of benzene rings is 2. The summed E-state index contributed by atoms with van der Waals surface area (Å²) in [5.41, 5.74) is 5.53. The van der Waals surface area contributed by atoms with E-state index >= 15 is 0 Å². The molecular formula is C33H44ClN3O3. The van der Waals surface area contributed by atoms with Crippen molar-refractivity contribution in [3.05, 3.63) is 70.9 Å². The molecule has 0 unspecified atom stereocenters. The Morgan fingerprint density at radius 1 is 1.05 bits per heavy atom. The van der Waals surface area contributed by atoms with Crippen LogP contribution in [0.2, 0.25) is 5.02 Å². The number of aryl methyl sites for hydroxylation is 1. The number of carbonyl (C=O) groups excluding carboxylic acids is 1. The Kier molecular flexibility index (Phi) is 11.6. The summed E-state index contributed by atoms with van der Waals surface area (Å²) >= 11 is 6.51. The normalized spacial score (nSPS) is 12.4. The summed E-state index contributed by atoms with van der Waals surface area (Å²) in [6, 6.07) is 18.0. The number of nitrogens with zero attached hydrogens (tertiary/aromatic N) is 2. The van der Waals surface area contributed by atoms with Gasteiger partial charge < -0.3 is 19.7 Å².